The zero-order valence-electron chi connectivity index (χ0n) is 31.3. The van der Waals surface area contributed by atoms with E-state index in [1.807, 2.05) is 85.9 Å². The summed E-state index contributed by atoms with van der Waals surface area (Å²) >= 11 is 13.1. The van der Waals surface area contributed by atoms with Crippen LogP contribution in [0.25, 0.3) is 21.5 Å². The van der Waals surface area contributed by atoms with Crippen molar-refractivity contribution in [2.45, 2.75) is 43.7 Å². The van der Waals surface area contributed by atoms with E-state index in [1.165, 1.54) is 4.90 Å². The van der Waals surface area contributed by atoms with Crippen LogP contribution in [0.5, 0.6) is 5.75 Å². The number of hydrogen-bond donors (Lipinski definition) is 2. The van der Waals surface area contributed by atoms with Crippen LogP contribution in [-0.2, 0) is 16.2 Å². The van der Waals surface area contributed by atoms with Gasteiger partial charge in [0.2, 0.25) is 11.8 Å². The highest BCUT2D eigenvalue weighted by atomic mass is 35.5. The number of benzene rings is 5. The van der Waals surface area contributed by atoms with E-state index < -0.39 is 12.1 Å². The lowest BCUT2D eigenvalue weighted by Gasteiger charge is -2.39. The van der Waals surface area contributed by atoms with Gasteiger partial charge in [0, 0.05) is 92.0 Å². The number of anilines is 3. The smallest absolute Gasteiger partial charge is 0.407 e. The first-order valence-electron chi connectivity index (χ1n) is 19.2. The highest BCUT2D eigenvalue weighted by molar-refractivity contribution is 6.19. The Morgan fingerprint density at radius 3 is 1.89 bits per heavy atom. The Morgan fingerprint density at radius 2 is 1.30 bits per heavy atom. The number of rotatable bonds is 10. The number of halogens is 2. The summed E-state index contributed by atoms with van der Waals surface area (Å²) in [6, 6.07) is 27.2. The molecule has 3 atom stereocenters. The highest BCUT2D eigenvalue weighted by Crippen LogP contribution is 2.48. The lowest BCUT2D eigenvalue weighted by molar-refractivity contribution is -0.119. The molecule has 5 aromatic carbocycles. The summed E-state index contributed by atoms with van der Waals surface area (Å²) in [4.78, 5) is 47.8. The Morgan fingerprint density at radius 1 is 0.750 bits per heavy atom. The van der Waals surface area contributed by atoms with E-state index in [0.717, 1.165) is 55.2 Å². The van der Waals surface area contributed by atoms with Gasteiger partial charge in [0.1, 0.15) is 12.4 Å². The van der Waals surface area contributed by atoms with E-state index in [4.69, 9.17) is 33.7 Å². The van der Waals surface area contributed by atoms with Crippen molar-refractivity contribution in [2.75, 3.05) is 67.1 Å². The van der Waals surface area contributed by atoms with Crippen molar-refractivity contribution in [1.29, 1.82) is 0 Å². The van der Waals surface area contributed by atoms with Crippen molar-refractivity contribution in [2.24, 2.45) is 0 Å². The zero-order valence-corrected chi connectivity index (χ0v) is 32.8. The average molecular weight is 795 g/mol. The summed E-state index contributed by atoms with van der Waals surface area (Å²) in [6.45, 7) is 2.80. The topological polar surface area (TPSA) is 120 Å². The molecule has 0 aliphatic carbocycles. The minimum atomic E-state index is -0.961. The number of alkyl halides is 2. The van der Waals surface area contributed by atoms with Gasteiger partial charge in [-0.25, -0.2) is 4.79 Å². The number of carbonyl (C=O) groups is 3. The predicted octanol–water partition coefficient (Wildman–Crippen LogP) is 8.33. The Labute approximate surface area is 336 Å². The fourth-order valence-corrected chi connectivity index (χ4v) is 9.36. The fraction of sp³-hybridized carbons (Fsp3) is 0.341. The molecule has 3 amide bonds. The lowest BCUT2D eigenvalue weighted by atomic mass is 9.89. The second-order valence-corrected chi connectivity index (χ2v) is 15.8. The molecule has 0 radical (unpaired) electrons. The van der Waals surface area contributed by atoms with Crippen molar-refractivity contribution in [1.82, 2.24) is 9.80 Å². The van der Waals surface area contributed by atoms with E-state index in [1.54, 1.807) is 9.80 Å². The van der Waals surface area contributed by atoms with Crippen LogP contribution in [-0.4, -0.2) is 84.3 Å². The molecule has 1 unspecified atom stereocenters. The Kier molecular flexibility index (Phi) is 10.7. The molecule has 10 nitrogen and oxygen atoms in total. The number of fused-ring (bicyclic) bond motifs is 6. The van der Waals surface area contributed by atoms with Crippen LogP contribution in [0, 0.1) is 0 Å². The number of carboxylic acid groups (broad SMARTS) is 1. The fourth-order valence-electron chi connectivity index (χ4n) is 8.86. The molecular formula is C44H45Cl2N5O5. The van der Waals surface area contributed by atoms with Crippen LogP contribution in [0.15, 0.2) is 84.9 Å². The van der Waals surface area contributed by atoms with Crippen LogP contribution < -0.4 is 20.3 Å². The molecule has 0 saturated carbocycles. The molecule has 0 bridgehead atoms. The quantitative estimate of drug-likeness (QED) is 0.108. The van der Waals surface area contributed by atoms with Crippen molar-refractivity contribution in [3.05, 3.63) is 107 Å². The SMILES string of the molecule is CN1CCN(C(=O)O)[C@@H](c2cc3c(c4ccccc24)C(CCl)CN3C(=O)CCCC(=O)N2C[C@@H](CCl)c3c2cc(OCc2ccc(N)cc2)c2ccccc32)C1. The number of nitrogens with zero attached hydrogens (tertiary/aromatic N) is 4. The molecule has 56 heavy (non-hydrogen) atoms. The third kappa shape index (κ3) is 6.99. The summed E-state index contributed by atoms with van der Waals surface area (Å²) in [5.41, 5.74) is 12.0. The van der Waals surface area contributed by atoms with Crippen LogP contribution in [0.2, 0.25) is 0 Å². The zero-order chi connectivity index (χ0) is 39.1. The number of hydrogen-bond acceptors (Lipinski definition) is 6. The van der Waals surface area contributed by atoms with Crippen molar-refractivity contribution < 1.29 is 24.2 Å². The van der Waals surface area contributed by atoms with Crippen LogP contribution in [0.3, 0.4) is 0 Å². The van der Waals surface area contributed by atoms with Gasteiger partial charge in [0.25, 0.3) is 0 Å². The summed E-state index contributed by atoms with van der Waals surface area (Å²) < 4.78 is 6.37. The molecule has 0 aromatic heterocycles. The van der Waals surface area contributed by atoms with Gasteiger partial charge in [-0.2, -0.15) is 0 Å². The molecular weight excluding hydrogens is 749 g/mol. The van der Waals surface area contributed by atoms with Gasteiger partial charge in [-0.3, -0.25) is 14.5 Å². The van der Waals surface area contributed by atoms with E-state index in [2.05, 4.69) is 11.0 Å². The van der Waals surface area contributed by atoms with Gasteiger partial charge < -0.3 is 30.3 Å². The maximum Gasteiger partial charge on any atom is 0.407 e. The second kappa shape index (κ2) is 15.8. The average Bonchev–Trinajstić information content (AvgIpc) is 3.79. The molecule has 3 aliphatic heterocycles. The first-order valence-corrected chi connectivity index (χ1v) is 20.2. The first-order chi connectivity index (χ1) is 27.2. The van der Waals surface area contributed by atoms with Crippen LogP contribution in [0.4, 0.5) is 21.9 Å². The molecule has 5 aromatic rings. The summed E-state index contributed by atoms with van der Waals surface area (Å²) in [5.74, 6) is 1.08. The molecule has 8 rings (SSSR count). The van der Waals surface area contributed by atoms with Crippen molar-refractivity contribution in [3.63, 3.8) is 0 Å². The molecule has 290 valence electrons. The third-order valence-electron chi connectivity index (χ3n) is 11.6. The number of carbonyl (C=O) groups excluding carboxylic acids is 2. The van der Waals surface area contributed by atoms with Gasteiger partial charge in [-0.15, -0.1) is 23.2 Å². The first kappa shape index (κ1) is 37.9. The third-order valence-corrected chi connectivity index (χ3v) is 12.4. The summed E-state index contributed by atoms with van der Waals surface area (Å²) in [5, 5.41) is 14.1. The Hall–Kier alpha value is -5.03. The summed E-state index contributed by atoms with van der Waals surface area (Å²) in [7, 11) is 2.00. The second-order valence-electron chi connectivity index (χ2n) is 15.1. The predicted molar refractivity (Wildman–Crippen MR) is 224 cm³/mol. The lowest BCUT2D eigenvalue weighted by Crippen LogP contribution is -2.48. The van der Waals surface area contributed by atoms with Gasteiger partial charge in [0.05, 0.1) is 11.7 Å². The van der Waals surface area contributed by atoms with E-state index >= 15 is 0 Å². The number of nitrogen functional groups attached to an aromatic ring is 1. The molecule has 0 spiro atoms. The minimum absolute atomic E-state index is 0.0492. The molecule has 1 saturated heterocycles. The molecule has 1 fully saturated rings. The van der Waals surface area contributed by atoms with E-state index in [9.17, 15) is 19.5 Å². The molecule has 3 aliphatic rings. The Bertz CT molecular complexity index is 2320. The van der Waals surface area contributed by atoms with Crippen molar-refractivity contribution >= 4 is 79.7 Å². The van der Waals surface area contributed by atoms with Gasteiger partial charge >= 0.3 is 6.09 Å². The number of nitrogens with two attached hydrogens (primary N) is 1. The Balaban J connectivity index is 1.03. The number of ether oxygens (including phenoxy) is 1. The normalized spacial score (nSPS) is 19.4. The molecule has 3 heterocycles. The maximum atomic E-state index is 14.1. The van der Waals surface area contributed by atoms with E-state index in [-0.39, 0.29) is 36.5 Å². The maximum absolute atomic E-state index is 14.1. The van der Waals surface area contributed by atoms with Gasteiger partial charge in [-0.1, -0.05) is 60.7 Å². The van der Waals surface area contributed by atoms with Crippen molar-refractivity contribution in [3.8, 4) is 5.75 Å². The largest absolute Gasteiger partial charge is 0.488 e. The standard InChI is InChI=1S/C44H45Cl2N5O5/c1-48-17-18-49(44(54)55)38(25-48)35-19-36-42(33-9-4-2-7-31(33)35)28(21-45)23-50(36)40(52)11-6-12-41(53)51-24-29(22-46)43-34-10-5-3-8-32(34)39(20-37(43)51)56-26-27-13-15-30(47)16-14-27/h2-5,7-10,13-16,19-20,28-29,38H,6,11-12,17-18,21-26,47H2,1H3,(H,54,55)/t28?,29-,38-/m1/s1. The van der Waals surface area contributed by atoms with Gasteiger partial charge in [0.15, 0.2) is 0 Å². The number of likely N-dealkylation sites (N-methyl/N-ethyl adjacent to an activating group) is 1. The number of piperazine rings is 1. The highest BCUT2D eigenvalue weighted by Gasteiger charge is 2.38. The van der Waals surface area contributed by atoms with Crippen LogP contribution in [0.1, 0.15) is 59.4 Å². The number of amides is 3. The monoisotopic (exact) mass is 793 g/mol. The molecule has 3 N–H and O–H groups in total. The van der Waals surface area contributed by atoms with Gasteiger partial charge in [-0.05, 0) is 70.1 Å². The van der Waals surface area contributed by atoms with E-state index in [0.29, 0.717) is 68.9 Å². The van der Waals surface area contributed by atoms with Crippen LogP contribution >= 0.6 is 23.2 Å². The molecule has 12 heteroatoms. The minimum Gasteiger partial charge on any atom is -0.488 e. The summed E-state index contributed by atoms with van der Waals surface area (Å²) in [6.07, 6.45) is -0.249.